The zero-order valence-electron chi connectivity index (χ0n) is 16.1. The average Bonchev–Trinajstić information content (AvgIpc) is 2.71. The summed E-state index contributed by atoms with van der Waals surface area (Å²) < 4.78 is 5.38. The fourth-order valence-electron chi connectivity index (χ4n) is 2.80. The highest BCUT2D eigenvalue weighted by Gasteiger charge is 2.14. The van der Waals surface area contributed by atoms with Gasteiger partial charge < -0.3 is 15.0 Å². The van der Waals surface area contributed by atoms with E-state index in [1.165, 1.54) is 0 Å². The van der Waals surface area contributed by atoms with E-state index in [2.05, 4.69) is 10.3 Å². The monoisotopic (exact) mass is 395 g/mol. The maximum atomic E-state index is 12.6. The van der Waals surface area contributed by atoms with Crippen LogP contribution in [0.4, 0.5) is 11.4 Å². The minimum absolute atomic E-state index is 0.129. The van der Waals surface area contributed by atoms with Crippen LogP contribution in [0.25, 0.3) is 0 Å². The van der Waals surface area contributed by atoms with Crippen molar-refractivity contribution in [2.75, 3.05) is 19.5 Å². The third-order valence-corrected chi connectivity index (χ3v) is 4.76. The minimum Gasteiger partial charge on any atom is -0.495 e. The molecule has 1 aromatic heterocycles. The van der Waals surface area contributed by atoms with Gasteiger partial charge in [-0.2, -0.15) is 0 Å². The van der Waals surface area contributed by atoms with Gasteiger partial charge in [0.25, 0.3) is 5.91 Å². The number of aryl methyl sites for hydroxylation is 1. The molecule has 0 bridgehead atoms. The normalized spacial score (nSPS) is 10.4. The largest absolute Gasteiger partial charge is 0.495 e. The zero-order valence-corrected chi connectivity index (χ0v) is 16.8. The summed E-state index contributed by atoms with van der Waals surface area (Å²) in [4.78, 5) is 18.6. The van der Waals surface area contributed by atoms with Gasteiger partial charge in [-0.15, -0.1) is 0 Å². The number of halogens is 1. The number of nitrogens with zero attached hydrogens (tertiary/aromatic N) is 2. The van der Waals surface area contributed by atoms with Gasteiger partial charge >= 0.3 is 0 Å². The zero-order chi connectivity index (χ0) is 20.1. The van der Waals surface area contributed by atoms with Crippen molar-refractivity contribution in [1.82, 2.24) is 9.88 Å². The van der Waals surface area contributed by atoms with Gasteiger partial charge in [0.05, 0.1) is 24.7 Å². The molecular weight excluding hydrogens is 374 g/mol. The standard InChI is InChI=1S/C22H22ClN3O2/c1-15-11-20(21(28-3)12-18(15)23)25-17-9-10-19(24-13-17)22(27)26(2)14-16-7-5-4-6-8-16/h4-13,25H,14H2,1-3H3. The molecule has 1 N–H and O–H groups in total. The predicted molar refractivity (Wildman–Crippen MR) is 113 cm³/mol. The van der Waals surface area contributed by atoms with E-state index in [4.69, 9.17) is 16.3 Å². The van der Waals surface area contributed by atoms with Crippen molar-refractivity contribution in [3.8, 4) is 5.75 Å². The molecule has 1 heterocycles. The van der Waals surface area contributed by atoms with Crippen LogP contribution in [0.5, 0.6) is 5.75 Å². The third kappa shape index (κ3) is 4.61. The number of carbonyl (C=O) groups excluding carboxylic acids is 1. The van der Waals surface area contributed by atoms with Crippen LogP contribution in [0.2, 0.25) is 5.02 Å². The average molecular weight is 396 g/mol. The molecule has 0 radical (unpaired) electrons. The van der Waals surface area contributed by atoms with E-state index in [-0.39, 0.29) is 5.91 Å². The quantitative estimate of drug-likeness (QED) is 0.633. The Hall–Kier alpha value is -3.05. The summed E-state index contributed by atoms with van der Waals surface area (Å²) in [6.07, 6.45) is 1.63. The number of hydrogen-bond donors (Lipinski definition) is 1. The van der Waals surface area contributed by atoms with Crippen molar-refractivity contribution < 1.29 is 9.53 Å². The van der Waals surface area contributed by atoms with Crippen molar-refractivity contribution >= 4 is 28.9 Å². The van der Waals surface area contributed by atoms with Crippen LogP contribution in [0.15, 0.2) is 60.8 Å². The summed E-state index contributed by atoms with van der Waals surface area (Å²) in [6, 6.07) is 17.1. The van der Waals surface area contributed by atoms with E-state index in [9.17, 15) is 4.79 Å². The SMILES string of the molecule is COc1cc(Cl)c(C)cc1Nc1ccc(C(=O)N(C)Cc2ccccc2)nc1. The fraction of sp³-hybridized carbons (Fsp3) is 0.182. The van der Waals surface area contributed by atoms with Gasteiger partial charge in [0.15, 0.2) is 0 Å². The molecule has 144 valence electrons. The molecule has 28 heavy (non-hydrogen) atoms. The number of amides is 1. The van der Waals surface area contributed by atoms with Gasteiger partial charge in [-0.1, -0.05) is 41.9 Å². The van der Waals surface area contributed by atoms with E-state index in [1.54, 1.807) is 37.4 Å². The molecule has 3 aromatic rings. The second kappa shape index (κ2) is 8.76. The number of ether oxygens (including phenoxy) is 1. The van der Waals surface area contributed by atoms with Crippen molar-refractivity contribution in [1.29, 1.82) is 0 Å². The van der Waals surface area contributed by atoms with Crippen LogP contribution in [0.1, 0.15) is 21.6 Å². The molecule has 2 aromatic carbocycles. The maximum Gasteiger partial charge on any atom is 0.272 e. The highest BCUT2D eigenvalue weighted by Crippen LogP contribution is 2.32. The van der Waals surface area contributed by atoms with E-state index in [1.807, 2.05) is 49.4 Å². The first-order chi connectivity index (χ1) is 13.5. The van der Waals surface area contributed by atoms with Crippen LogP contribution in [-0.4, -0.2) is 29.9 Å². The molecule has 0 unspecified atom stereocenters. The molecule has 1 amide bonds. The van der Waals surface area contributed by atoms with Crippen LogP contribution < -0.4 is 10.1 Å². The predicted octanol–water partition coefficient (Wildman–Crippen LogP) is 5.07. The first-order valence-electron chi connectivity index (χ1n) is 8.84. The summed E-state index contributed by atoms with van der Waals surface area (Å²) in [6.45, 7) is 2.46. The lowest BCUT2D eigenvalue weighted by Crippen LogP contribution is -2.26. The fourth-order valence-corrected chi connectivity index (χ4v) is 2.96. The van der Waals surface area contributed by atoms with Crippen molar-refractivity contribution in [2.24, 2.45) is 0 Å². The number of pyridine rings is 1. The Morgan fingerprint density at radius 2 is 1.93 bits per heavy atom. The Balaban J connectivity index is 1.71. The first kappa shape index (κ1) is 19.7. The van der Waals surface area contributed by atoms with Gasteiger partial charge in [-0.3, -0.25) is 4.79 Å². The van der Waals surface area contributed by atoms with Crippen molar-refractivity contribution in [3.63, 3.8) is 0 Å². The molecule has 3 rings (SSSR count). The van der Waals surface area contributed by atoms with Gasteiger partial charge in [-0.05, 0) is 36.2 Å². The number of hydrogen-bond acceptors (Lipinski definition) is 4. The number of nitrogens with one attached hydrogen (secondary N) is 1. The number of anilines is 2. The Morgan fingerprint density at radius 1 is 1.18 bits per heavy atom. The molecule has 0 aliphatic rings. The van der Waals surface area contributed by atoms with Gasteiger partial charge in [0.1, 0.15) is 11.4 Å². The summed E-state index contributed by atoms with van der Waals surface area (Å²) >= 11 is 6.15. The second-order valence-electron chi connectivity index (χ2n) is 6.51. The number of aromatic nitrogens is 1. The lowest BCUT2D eigenvalue weighted by Gasteiger charge is -2.17. The molecule has 0 saturated heterocycles. The second-order valence-corrected chi connectivity index (χ2v) is 6.91. The Bertz CT molecular complexity index is 960. The highest BCUT2D eigenvalue weighted by atomic mass is 35.5. The lowest BCUT2D eigenvalue weighted by atomic mass is 10.2. The molecule has 5 nitrogen and oxygen atoms in total. The summed E-state index contributed by atoms with van der Waals surface area (Å²) in [5.74, 6) is 0.508. The smallest absolute Gasteiger partial charge is 0.272 e. The minimum atomic E-state index is -0.129. The molecular formula is C22H22ClN3O2. The van der Waals surface area contributed by atoms with Crippen LogP contribution in [0.3, 0.4) is 0 Å². The summed E-state index contributed by atoms with van der Waals surface area (Å²) in [5, 5.41) is 3.90. The van der Waals surface area contributed by atoms with E-state index in [0.29, 0.717) is 23.0 Å². The topological polar surface area (TPSA) is 54.5 Å². The number of rotatable bonds is 6. The first-order valence-corrected chi connectivity index (χ1v) is 9.22. The molecule has 0 spiro atoms. The van der Waals surface area contributed by atoms with E-state index < -0.39 is 0 Å². The van der Waals surface area contributed by atoms with E-state index >= 15 is 0 Å². The maximum absolute atomic E-state index is 12.6. The van der Waals surface area contributed by atoms with Crippen LogP contribution >= 0.6 is 11.6 Å². The number of carbonyl (C=O) groups is 1. The Morgan fingerprint density at radius 3 is 2.57 bits per heavy atom. The third-order valence-electron chi connectivity index (χ3n) is 4.35. The number of methoxy groups -OCH3 is 1. The lowest BCUT2D eigenvalue weighted by molar-refractivity contribution is 0.0779. The van der Waals surface area contributed by atoms with Crippen LogP contribution in [-0.2, 0) is 6.54 Å². The molecule has 6 heteroatoms. The van der Waals surface area contributed by atoms with Gasteiger partial charge in [0, 0.05) is 24.7 Å². The van der Waals surface area contributed by atoms with E-state index in [0.717, 1.165) is 22.5 Å². The Labute approximate surface area is 169 Å². The van der Waals surface area contributed by atoms with Gasteiger partial charge in [-0.25, -0.2) is 4.98 Å². The Kier molecular flexibility index (Phi) is 6.16. The molecule has 0 saturated carbocycles. The van der Waals surface area contributed by atoms with Crippen LogP contribution in [0, 0.1) is 6.92 Å². The van der Waals surface area contributed by atoms with Gasteiger partial charge in [0.2, 0.25) is 0 Å². The number of benzene rings is 2. The molecule has 0 atom stereocenters. The highest BCUT2D eigenvalue weighted by molar-refractivity contribution is 6.31. The summed E-state index contributed by atoms with van der Waals surface area (Å²) in [5.41, 5.74) is 3.94. The van der Waals surface area contributed by atoms with Crippen molar-refractivity contribution in [3.05, 3.63) is 82.6 Å². The molecule has 0 fully saturated rings. The molecule has 0 aliphatic carbocycles. The summed E-state index contributed by atoms with van der Waals surface area (Å²) in [7, 11) is 3.36. The molecule has 0 aliphatic heterocycles. The van der Waals surface area contributed by atoms with Crippen molar-refractivity contribution in [2.45, 2.75) is 13.5 Å².